The number of nitrogens with one attached hydrogen (secondary N) is 1. The Bertz CT molecular complexity index is 477. The Hall–Kier alpha value is -1.16. The van der Waals surface area contributed by atoms with Crippen molar-refractivity contribution in [2.75, 3.05) is 22.5 Å². The van der Waals surface area contributed by atoms with Gasteiger partial charge >= 0.3 is 0 Å². The standard InChI is InChI=1S/C15H20N2OS/c1-11-8-13(10-19-11)16-12-4-2-5-14(9-12)17-7-3-6-15(17)18/h2,4-5,9,11,13,16H,3,6-8,10H2,1H3. The van der Waals surface area contributed by atoms with Crippen LogP contribution in [0.4, 0.5) is 11.4 Å². The van der Waals surface area contributed by atoms with Crippen molar-refractivity contribution in [3.8, 4) is 0 Å². The van der Waals surface area contributed by atoms with E-state index >= 15 is 0 Å². The van der Waals surface area contributed by atoms with Gasteiger partial charge in [-0.2, -0.15) is 11.8 Å². The second-order valence-electron chi connectivity index (χ2n) is 5.42. The molecule has 3 rings (SSSR count). The van der Waals surface area contributed by atoms with Crippen LogP contribution in [0.1, 0.15) is 26.2 Å². The van der Waals surface area contributed by atoms with Crippen molar-refractivity contribution in [3.63, 3.8) is 0 Å². The summed E-state index contributed by atoms with van der Waals surface area (Å²) in [5, 5.41) is 4.34. The lowest BCUT2D eigenvalue weighted by Crippen LogP contribution is -2.24. The number of benzene rings is 1. The summed E-state index contributed by atoms with van der Waals surface area (Å²) in [5.74, 6) is 1.43. The van der Waals surface area contributed by atoms with Gasteiger partial charge in [-0.25, -0.2) is 0 Å². The fourth-order valence-corrected chi connectivity index (χ4v) is 3.99. The molecular formula is C15H20N2OS. The maximum atomic E-state index is 11.8. The van der Waals surface area contributed by atoms with Crippen molar-refractivity contribution < 1.29 is 4.79 Å². The smallest absolute Gasteiger partial charge is 0.227 e. The van der Waals surface area contributed by atoms with Crippen LogP contribution in [0.25, 0.3) is 0 Å². The molecule has 1 amide bonds. The number of anilines is 2. The van der Waals surface area contributed by atoms with E-state index in [0.717, 1.165) is 29.6 Å². The summed E-state index contributed by atoms with van der Waals surface area (Å²) in [6.07, 6.45) is 2.89. The second-order valence-corrected chi connectivity index (χ2v) is 6.89. The zero-order chi connectivity index (χ0) is 13.2. The first kappa shape index (κ1) is 12.9. The van der Waals surface area contributed by atoms with Crippen molar-refractivity contribution in [2.24, 2.45) is 0 Å². The highest BCUT2D eigenvalue weighted by Crippen LogP contribution is 2.30. The molecule has 4 heteroatoms. The lowest BCUT2D eigenvalue weighted by atomic mass is 10.2. The highest BCUT2D eigenvalue weighted by molar-refractivity contribution is 8.00. The molecule has 0 aromatic heterocycles. The number of hydrogen-bond donors (Lipinski definition) is 1. The molecule has 0 spiro atoms. The van der Waals surface area contributed by atoms with E-state index in [1.54, 1.807) is 0 Å². The molecule has 1 N–H and O–H groups in total. The van der Waals surface area contributed by atoms with Gasteiger partial charge in [0.15, 0.2) is 0 Å². The Morgan fingerprint density at radius 3 is 3.00 bits per heavy atom. The van der Waals surface area contributed by atoms with E-state index in [9.17, 15) is 4.79 Å². The van der Waals surface area contributed by atoms with Gasteiger partial charge in [0.05, 0.1) is 0 Å². The molecule has 2 unspecified atom stereocenters. The largest absolute Gasteiger partial charge is 0.381 e. The molecule has 102 valence electrons. The molecule has 0 bridgehead atoms. The number of amides is 1. The van der Waals surface area contributed by atoms with Gasteiger partial charge in [-0.1, -0.05) is 13.0 Å². The predicted octanol–water partition coefficient (Wildman–Crippen LogP) is 3.12. The first-order valence-corrected chi connectivity index (χ1v) is 8.06. The van der Waals surface area contributed by atoms with Crippen molar-refractivity contribution in [3.05, 3.63) is 24.3 Å². The van der Waals surface area contributed by atoms with E-state index < -0.39 is 0 Å². The molecule has 2 atom stereocenters. The van der Waals surface area contributed by atoms with E-state index in [1.807, 2.05) is 28.8 Å². The van der Waals surface area contributed by atoms with Crippen molar-refractivity contribution in [1.29, 1.82) is 0 Å². The van der Waals surface area contributed by atoms with E-state index in [0.29, 0.717) is 12.5 Å². The summed E-state index contributed by atoms with van der Waals surface area (Å²) in [6, 6.07) is 8.83. The quantitative estimate of drug-likeness (QED) is 0.920. The molecule has 19 heavy (non-hydrogen) atoms. The minimum atomic E-state index is 0.252. The first-order chi connectivity index (χ1) is 9.22. The molecule has 2 fully saturated rings. The Morgan fingerprint density at radius 1 is 1.42 bits per heavy atom. The topological polar surface area (TPSA) is 32.3 Å². The maximum absolute atomic E-state index is 11.8. The van der Waals surface area contributed by atoms with Crippen LogP contribution in [0.15, 0.2) is 24.3 Å². The van der Waals surface area contributed by atoms with Gasteiger partial charge in [0.25, 0.3) is 0 Å². The summed E-state index contributed by atoms with van der Waals surface area (Å²) in [6.45, 7) is 3.14. The number of carbonyl (C=O) groups is 1. The highest BCUT2D eigenvalue weighted by atomic mass is 32.2. The van der Waals surface area contributed by atoms with Crippen LogP contribution in [0, 0.1) is 0 Å². The van der Waals surface area contributed by atoms with Crippen molar-refractivity contribution >= 4 is 29.0 Å². The molecule has 2 saturated heterocycles. The van der Waals surface area contributed by atoms with Gasteiger partial charge in [-0.3, -0.25) is 4.79 Å². The second kappa shape index (κ2) is 5.45. The fourth-order valence-electron chi connectivity index (χ4n) is 2.84. The monoisotopic (exact) mass is 276 g/mol. The lowest BCUT2D eigenvalue weighted by Gasteiger charge is -2.18. The summed E-state index contributed by atoms with van der Waals surface area (Å²) in [5.41, 5.74) is 2.17. The fraction of sp³-hybridized carbons (Fsp3) is 0.533. The van der Waals surface area contributed by atoms with Crippen molar-refractivity contribution in [1.82, 2.24) is 0 Å². The minimum absolute atomic E-state index is 0.252. The molecule has 2 heterocycles. The zero-order valence-corrected chi connectivity index (χ0v) is 12.1. The van der Waals surface area contributed by atoms with E-state index in [-0.39, 0.29) is 5.91 Å². The molecule has 1 aromatic rings. The molecule has 3 nitrogen and oxygen atoms in total. The van der Waals surface area contributed by atoms with Crippen LogP contribution in [0.5, 0.6) is 0 Å². The average molecular weight is 276 g/mol. The molecule has 0 radical (unpaired) electrons. The van der Waals surface area contributed by atoms with Crippen LogP contribution in [-0.2, 0) is 4.79 Å². The van der Waals surface area contributed by atoms with Gasteiger partial charge in [-0.15, -0.1) is 0 Å². The summed E-state index contributed by atoms with van der Waals surface area (Å²) >= 11 is 2.03. The van der Waals surface area contributed by atoms with Crippen LogP contribution in [0.3, 0.4) is 0 Å². The summed E-state index contributed by atoms with van der Waals surface area (Å²) in [7, 11) is 0. The Kier molecular flexibility index (Phi) is 3.69. The molecule has 0 saturated carbocycles. The van der Waals surface area contributed by atoms with E-state index in [2.05, 4.69) is 24.4 Å². The first-order valence-electron chi connectivity index (χ1n) is 7.01. The maximum Gasteiger partial charge on any atom is 0.227 e. The average Bonchev–Trinajstić information content (AvgIpc) is 2.99. The molecule has 0 aliphatic carbocycles. The Morgan fingerprint density at radius 2 is 2.32 bits per heavy atom. The number of rotatable bonds is 3. The normalized spacial score (nSPS) is 27.0. The summed E-state index contributed by atoms with van der Waals surface area (Å²) < 4.78 is 0. The van der Waals surface area contributed by atoms with Crippen LogP contribution in [0.2, 0.25) is 0 Å². The van der Waals surface area contributed by atoms with Gasteiger partial charge in [0.2, 0.25) is 5.91 Å². The third kappa shape index (κ3) is 2.89. The van der Waals surface area contributed by atoms with Gasteiger partial charge in [0, 0.05) is 41.4 Å². The highest BCUT2D eigenvalue weighted by Gasteiger charge is 2.23. The number of carbonyl (C=O) groups excluding carboxylic acids is 1. The van der Waals surface area contributed by atoms with E-state index in [4.69, 9.17) is 0 Å². The van der Waals surface area contributed by atoms with Crippen LogP contribution in [-0.4, -0.2) is 29.5 Å². The molecule has 1 aromatic carbocycles. The minimum Gasteiger partial charge on any atom is -0.381 e. The number of nitrogens with zero attached hydrogens (tertiary/aromatic N) is 1. The zero-order valence-electron chi connectivity index (χ0n) is 11.3. The Labute approximate surface area is 118 Å². The lowest BCUT2D eigenvalue weighted by molar-refractivity contribution is -0.117. The third-order valence-corrected chi connectivity index (χ3v) is 5.16. The van der Waals surface area contributed by atoms with Gasteiger partial charge in [-0.05, 0) is 31.0 Å². The van der Waals surface area contributed by atoms with Gasteiger partial charge in [0.1, 0.15) is 0 Å². The third-order valence-electron chi connectivity index (χ3n) is 3.80. The molecule has 2 aliphatic heterocycles. The molecule has 2 aliphatic rings. The van der Waals surface area contributed by atoms with Crippen LogP contribution >= 0.6 is 11.8 Å². The van der Waals surface area contributed by atoms with E-state index in [1.165, 1.54) is 12.2 Å². The predicted molar refractivity (Wildman–Crippen MR) is 82.0 cm³/mol. The SMILES string of the molecule is CC1CC(Nc2cccc(N3CCCC3=O)c2)CS1. The Balaban J connectivity index is 1.71. The number of thioether (sulfide) groups is 1. The van der Waals surface area contributed by atoms with Crippen LogP contribution < -0.4 is 10.2 Å². The van der Waals surface area contributed by atoms with Crippen molar-refractivity contribution in [2.45, 2.75) is 37.5 Å². The molecular weight excluding hydrogens is 256 g/mol. The van der Waals surface area contributed by atoms with Gasteiger partial charge < -0.3 is 10.2 Å². The summed E-state index contributed by atoms with van der Waals surface area (Å²) in [4.78, 5) is 13.7. The number of hydrogen-bond acceptors (Lipinski definition) is 3.